The van der Waals surface area contributed by atoms with E-state index in [0.717, 1.165) is 0 Å². The van der Waals surface area contributed by atoms with Crippen LogP contribution in [0.5, 0.6) is 0 Å². The SMILES string of the molecule is CCC(C)(CCCl)NS(=O)(=O)c1cccs1. The molecule has 1 atom stereocenters. The van der Waals surface area contributed by atoms with Crippen LogP contribution in [0.4, 0.5) is 0 Å². The summed E-state index contributed by atoms with van der Waals surface area (Å²) in [6.45, 7) is 3.82. The van der Waals surface area contributed by atoms with Crippen LogP contribution in [0.15, 0.2) is 21.7 Å². The molecule has 0 amide bonds. The van der Waals surface area contributed by atoms with Crippen molar-refractivity contribution in [3.05, 3.63) is 17.5 Å². The zero-order valence-electron chi connectivity index (χ0n) is 9.36. The summed E-state index contributed by atoms with van der Waals surface area (Å²) in [6.07, 6.45) is 1.33. The average molecular weight is 282 g/mol. The first-order valence-corrected chi connectivity index (χ1v) is 7.97. The van der Waals surface area contributed by atoms with Gasteiger partial charge in [-0.2, -0.15) is 0 Å². The molecule has 1 heterocycles. The Labute approximate surface area is 106 Å². The van der Waals surface area contributed by atoms with E-state index in [-0.39, 0.29) is 0 Å². The Morgan fingerprint density at radius 2 is 2.25 bits per heavy atom. The van der Waals surface area contributed by atoms with Gasteiger partial charge in [-0.3, -0.25) is 0 Å². The first-order chi connectivity index (χ1) is 7.43. The summed E-state index contributed by atoms with van der Waals surface area (Å²) < 4.78 is 27.1. The van der Waals surface area contributed by atoms with E-state index in [2.05, 4.69) is 4.72 Å². The molecular weight excluding hydrogens is 266 g/mol. The monoisotopic (exact) mass is 281 g/mol. The summed E-state index contributed by atoms with van der Waals surface area (Å²) in [7, 11) is -3.40. The molecule has 1 unspecified atom stereocenters. The number of nitrogens with one attached hydrogen (secondary N) is 1. The van der Waals surface area contributed by atoms with Crippen LogP contribution in [-0.2, 0) is 10.0 Å². The number of rotatable bonds is 6. The zero-order valence-corrected chi connectivity index (χ0v) is 11.8. The third kappa shape index (κ3) is 3.45. The van der Waals surface area contributed by atoms with Gasteiger partial charge in [0.1, 0.15) is 4.21 Å². The van der Waals surface area contributed by atoms with Crippen LogP contribution in [0.2, 0.25) is 0 Å². The molecule has 0 spiro atoms. The summed E-state index contributed by atoms with van der Waals surface area (Å²) in [5.41, 5.74) is -0.468. The molecule has 0 aromatic carbocycles. The molecule has 0 saturated carbocycles. The second kappa shape index (κ2) is 5.49. The predicted molar refractivity (Wildman–Crippen MR) is 68.7 cm³/mol. The van der Waals surface area contributed by atoms with Gasteiger partial charge in [0.2, 0.25) is 0 Å². The van der Waals surface area contributed by atoms with Crippen LogP contribution in [0.1, 0.15) is 26.7 Å². The van der Waals surface area contributed by atoms with Crippen molar-refractivity contribution < 1.29 is 8.42 Å². The molecule has 1 N–H and O–H groups in total. The summed E-state index contributed by atoms with van der Waals surface area (Å²) in [5, 5.41) is 1.75. The van der Waals surface area contributed by atoms with E-state index in [1.165, 1.54) is 11.3 Å². The van der Waals surface area contributed by atoms with Gasteiger partial charge >= 0.3 is 0 Å². The normalized spacial score (nSPS) is 15.9. The molecule has 1 aromatic heterocycles. The van der Waals surface area contributed by atoms with E-state index in [9.17, 15) is 8.42 Å². The fraction of sp³-hybridized carbons (Fsp3) is 0.600. The number of hydrogen-bond donors (Lipinski definition) is 1. The Morgan fingerprint density at radius 1 is 1.56 bits per heavy atom. The number of halogens is 1. The average Bonchev–Trinajstić information content (AvgIpc) is 2.70. The lowest BCUT2D eigenvalue weighted by Gasteiger charge is -2.28. The first-order valence-electron chi connectivity index (χ1n) is 5.07. The van der Waals surface area contributed by atoms with E-state index in [1.807, 2.05) is 13.8 Å². The smallest absolute Gasteiger partial charge is 0.206 e. The van der Waals surface area contributed by atoms with Gasteiger partial charge in [0.25, 0.3) is 10.0 Å². The van der Waals surface area contributed by atoms with Crippen molar-refractivity contribution >= 4 is 33.0 Å². The minimum Gasteiger partial charge on any atom is -0.206 e. The minimum absolute atomic E-state index is 0.349. The zero-order chi connectivity index (χ0) is 12.2. The largest absolute Gasteiger partial charge is 0.250 e. The molecule has 0 aliphatic carbocycles. The molecule has 1 rings (SSSR count). The van der Waals surface area contributed by atoms with Gasteiger partial charge in [-0.1, -0.05) is 13.0 Å². The highest BCUT2D eigenvalue weighted by atomic mass is 35.5. The maximum Gasteiger partial charge on any atom is 0.250 e. The van der Waals surface area contributed by atoms with Crippen molar-refractivity contribution in [2.75, 3.05) is 5.88 Å². The maximum absolute atomic E-state index is 12.0. The number of alkyl halides is 1. The van der Waals surface area contributed by atoms with Crippen molar-refractivity contribution in [2.45, 2.75) is 36.4 Å². The molecule has 0 saturated heterocycles. The molecule has 3 nitrogen and oxygen atoms in total. The lowest BCUT2D eigenvalue weighted by Crippen LogP contribution is -2.45. The highest BCUT2D eigenvalue weighted by Crippen LogP contribution is 2.22. The third-order valence-electron chi connectivity index (χ3n) is 2.57. The molecular formula is C10H16ClNO2S2. The second-order valence-electron chi connectivity index (χ2n) is 3.89. The Morgan fingerprint density at radius 3 is 2.69 bits per heavy atom. The Bertz CT molecular complexity index is 416. The predicted octanol–water partition coefficient (Wildman–Crippen LogP) is 2.82. The fourth-order valence-corrected chi connectivity index (χ4v) is 4.22. The van der Waals surface area contributed by atoms with Crippen molar-refractivity contribution in [1.29, 1.82) is 0 Å². The van der Waals surface area contributed by atoms with E-state index < -0.39 is 15.6 Å². The molecule has 6 heteroatoms. The topological polar surface area (TPSA) is 46.2 Å². The van der Waals surface area contributed by atoms with Crippen molar-refractivity contribution in [3.63, 3.8) is 0 Å². The molecule has 0 aliphatic rings. The van der Waals surface area contributed by atoms with E-state index >= 15 is 0 Å². The highest BCUT2D eigenvalue weighted by Gasteiger charge is 2.28. The number of sulfonamides is 1. The van der Waals surface area contributed by atoms with Crippen molar-refractivity contribution in [1.82, 2.24) is 4.72 Å². The summed E-state index contributed by atoms with van der Waals surface area (Å²) in [4.78, 5) is 0. The number of hydrogen-bond acceptors (Lipinski definition) is 3. The van der Waals surface area contributed by atoms with Gasteiger partial charge in [0, 0.05) is 11.4 Å². The van der Waals surface area contributed by atoms with Gasteiger partial charge in [-0.05, 0) is 31.2 Å². The van der Waals surface area contributed by atoms with E-state index in [0.29, 0.717) is 22.9 Å². The second-order valence-corrected chi connectivity index (χ2v) is 7.13. The van der Waals surface area contributed by atoms with Gasteiger partial charge in [-0.15, -0.1) is 22.9 Å². The quantitative estimate of drug-likeness (QED) is 0.815. The summed E-state index contributed by atoms with van der Waals surface area (Å²) in [6, 6.07) is 3.33. The number of thiophene rings is 1. The molecule has 0 fully saturated rings. The van der Waals surface area contributed by atoms with Gasteiger partial charge in [0.05, 0.1) is 0 Å². The van der Waals surface area contributed by atoms with Crippen molar-refractivity contribution in [3.8, 4) is 0 Å². The van der Waals surface area contributed by atoms with Gasteiger partial charge < -0.3 is 0 Å². The van der Waals surface area contributed by atoms with Crippen LogP contribution in [0.25, 0.3) is 0 Å². The van der Waals surface area contributed by atoms with Crippen LogP contribution < -0.4 is 4.72 Å². The molecule has 0 radical (unpaired) electrons. The Kier molecular flexibility index (Phi) is 4.79. The van der Waals surface area contributed by atoms with Gasteiger partial charge in [0.15, 0.2) is 0 Å². The third-order valence-corrected chi connectivity index (χ3v) is 5.79. The molecule has 92 valence electrons. The standard InChI is InChI=1S/C10H16ClNO2S2/c1-3-10(2,6-7-11)12-16(13,14)9-5-4-8-15-9/h4-5,8,12H,3,6-7H2,1-2H3. The fourth-order valence-electron chi connectivity index (χ4n) is 1.30. The Hall–Kier alpha value is -0.100. The lowest BCUT2D eigenvalue weighted by molar-refractivity contribution is 0.391. The highest BCUT2D eigenvalue weighted by molar-refractivity contribution is 7.91. The first kappa shape index (κ1) is 14.0. The summed E-state index contributed by atoms with van der Waals surface area (Å²) >= 11 is 6.90. The Balaban J connectivity index is 2.87. The maximum atomic E-state index is 12.0. The lowest BCUT2D eigenvalue weighted by atomic mass is 9.97. The van der Waals surface area contributed by atoms with Crippen molar-refractivity contribution in [2.24, 2.45) is 0 Å². The van der Waals surface area contributed by atoms with Crippen LogP contribution >= 0.6 is 22.9 Å². The van der Waals surface area contributed by atoms with Gasteiger partial charge in [-0.25, -0.2) is 13.1 Å². The van der Waals surface area contributed by atoms with E-state index in [1.54, 1.807) is 17.5 Å². The summed E-state index contributed by atoms with van der Waals surface area (Å²) in [5.74, 6) is 0.442. The van der Waals surface area contributed by atoms with Crippen LogP contribution in [0, 0.1) is 0 Å². The minimum atomic E-state index is -3.40. The molecule has 1 aromatic rings. The van der Waals surface area contributed by atoms with Crippen LogP contribution in [0.3, 0.4) is 0 Å². The molecule has 16 heavy (non-hydrogen) atoms. The molecule has 0 bridgehead atoms. The molecule has 0 aliphatic heterocycles. The van der Waals surface area contributed by atoms with Crippen LogP contribution in [-0.4, -0.2) is 19.8 Å². The van der Waals surface area contributed by atoms with E-state index in [4.69, 9.17) is 11.6 Å².